The van der Waals surface area contributed by atoms with Gasteiger partial charge in [0.1, 0.15) is 17.6 Å². The molecule has 3 rings (SSSR count). The van der Waals surface area contributed by atoms with Crippen LogP contribution in [0.4, 0.5) is 0 Å². The average Bonchev–Trinajstić information content (AvgIpc) is 2.54. The van der Waals surface area contributed by atoms with Gasteiger partial charge in [0.15, 0.2) is 4.70 Å². The van der Waals surface area contributed by atoms with Crippen molar-refractivity contribution in [3.05, 3.63) is 30.7 Å². The van der Waals surface area contributed by atoms with Crippen molar-refractivity contribution in [3.8, 4) is 5.75 Å². The van der Waals surface area contributed by atoms with Gasteiger partial charge in [-0.1, -0.05) is 0 Å². The van der Waals surface area contributed by atoms with Crippen LogP contribution in [0.25, 0.3) is 20.3 Å². The second kappa shape index (κ2) is 2.88. The van der Waals surface area contributed by atoms with E-state index >= 15 is 0 Å². The first kappa shape index (κ1) is 8.58. The highest BCUT2D eigenvalue weighted by molar-refractivity contribution is 7.37. The van der Waals surface area contributed by atoms with Crippen LogP contribution in [0.3, 0.4) is 0 Å². The normalized spacial score (nSPS) is 12.5. The predicted molar refractivity (Wildman–Crippen MR) is 57.4 cm³/mol. The summed E-state index contributed by atoms with van der Waals surface area (Å²) < 4.78 is 13.2. The van der Waals surface area contributed by atoms with Crippen molar-refractivity contribution in [3.63, 3.8) is 0 Å². The average molecular weight is 218 g/mol. The van der Waals surface area contributed by atoms with Gasteiger partial charge in [-0.25, -0.2) is 9.97 Å². The molecular formula is C10H6N2O2S. The lowest BCUT2D eigenvalue weighted by Crippen LogP contribution is -1.75. The van der Waals surface area contributed by atoms with E-state index in [2.05, 4.69) is 9.97 Å². The van der Waals surface area contributed by atoms with E-state index in [9.17, 15) is 9.66 Å². The van der Waals surface area contributed by atoms with E-state index in [1.54, 1.807) is 18.3 Å². The molecule has 74 valence electrons. The number of aromatic hydroxyl groups is 1. The molecule has 0 radical (unpaired) electrons. The van der Waals surface area contributed by atoms with Gasteiger partial charge in [-0.05, 0) is 22.9 Å². The number of benzene rings is 1. The number of hydrogen-bond donors (Lipinski definition) is 1. The van der Waals surface area contributed by atoms with Crippen LogP contribution in [0.5, 0.6) is 5.75 Å². The fourth-order valence-electron chi connectivity index (χ4n) is 1.64. The molecule has 5 heteroatoms. The van der Waals surface area contributed by atoms with E-state index in [4.69, 9.17) is 0 Å². The fraction of sp³-hybridized carbons (Fsp3) is 0. The molecule has 1 aromatic carbocycles. The first-order chi connectivity index (χ1) is 7.27. The van der Waals surface area contributed by atoms with E-state index < -0.39 is 10.8 Å². The highest BCUT2D eigenvalue weighted by Crippen LogP contribution is 2.39. The molecule has 3 aromatic rings. The first-order valence-electron chi connectivity index (χ1n) is 4.32. The molecule has 2 heterocycles. The van der Waals surface area contributed by atoms with Gasteiger partial charge in [-0.2, -0.15) is 0 Å². The Hall–Kier alpha value is -1.72. The lowest BCUT2D eigenvalue weighted by atomic mass is 10.2. The Balaban J connectivity index is 2.64. The monoisotopic (exact) mass is 218 g/mol. The van der Waals surface area contributed by atoms with E-state index in [0.717, 1.165) is 5.39 Å². The number of phenols is 1. The highest BCUT2D eigenvalue weighted by atomic mass is 32.2. The maximum absolute atomic E-state index is 11.9. The summed E-state index contributed by atoms with van der Waals surface area (Å²) in [6.45, 7) is 0. The maximum atomic E-state index is 11.9. The van der Waals surface area contributed by atoms with Crippen LogP contribution in [0, 0.1) is 0 Å². The molecule has 0 aliphatic heterocycles. The Labute approximate surface area is 87.6 Å². The maximum Gasteiger partial charge on any atom is 0.217 e. The Morgan fingerprint density at radius 1 is 1.27 bits per heavy atom. The van der Waals surface area contributed by atoms with Crippen LogP contribution in [0.2, 0.25) is 0 Å². The van der Waals surface area contributed by atoms with Crippen molar-refractivity contribution >= 4 is 31.1 Å². The standard InChI is InChI=1S/C10H6N2O2S/c13-6-1-2-8-7(3-6)10-9(15(8)14)4-11-5-12-10/h1-5,13H. The molecule has 2 aromatic heterocycles. The minimum absolute atomic E-state index is 0.150. The zero-order chi connectivity index (χ0) is 10.4. The second-order valence-electron chi connectivity index (χ2n) is 3.18. The first-order valence-corrected chi connectivity index (χ1v) is 5.47. The molecule has 1 atom stereocenters. The van der Waals surface area contributed by atoms with Gasteiger partial charge in [-0.3, -0.25) is 0 Å². The molecule has 15 heavy (non-hydrogen) atoms. The summed E-state index contributed by atoms with van der Waals surface area (Å²) >= 11 is 0. The number of phenolic OH excluding ortho intramolecular Hbond substituents is 1. The second-order valence-corrected chi connectivity index (χ2v) is 4.60. The molecule has 0 aliphatic rings. The van der Waals surface area contributed by atoms with Crippen LogP contribution >= 0.6 is 10.8 Å². The number of hydrogen-bond acceptors (Lipinski definition) is 4. The number of thiophene rings is 1. The molecule has 1 unspecified atom stereocenters. The Bertz CT molecular complexity index is 663. The molecule has 0 amide bonds. The summed E-state index contributed by atoms with van der Waals surface area (Å²) in [5, 5.41) is 10.1. The fourth-order valence-corrected chi connectivity index (χ4v) is 2.92. The van der Waals surface area contributed by atoms with Crippen LogP contribution in [-0.2, 0) is 0 Å². The van der Waals surface area contributed by atoms with Gasteiger partial charge in [-0.15, -0.1) is 0 Å². The molecule has 0 spiro atoms. The van der Waals surface area contributed by atoms with Crippen molar-refractivity contribution in [2.75, 3.05) is 0 Å². The van der Waals surface area contributed by atoms with Gasteiger partial charge < -0.3 is 9.66 Å². The van der Waals surface area contributed by atoms with Crippen LogP contribution in [0.15, 0.2) is 30.7 Å². The quantitative estimate of drug-likeness (QED) is 0.587. The number of fused-ring (bicyclic) bond motifs is 3. The van der Waals surface area contributed by atoms with Gasteiger partial charge in [0.2, 0.25) is 4.70 Å². The summed E-state index contributed by atoms with van der Waals surface area (Å²) in [4.78, 5) is 7.92. The minimum atomic E-state index is -1.22. The van der Waals surface area contributed by atoms with Gasteiger partial charge >= 0.3 is 0 Å². The summed E-state index contributed by atoms with van der Waals surface area (Å²) in [7, 11) is -1.22. The van der Waals surface area contributed by atoms with E-state index in [1.807, 2.05) is 0 Å². The summed E-state index contributed by atoms with van der Waals surface area (Å²) in [6.07, 6.45) is 2.96. The van der Waals surface area contributed by atoms with E-state index in [0.29, 0.717) is 14.9 Å². The number of nitrogens with zero attached hydrogens (tertiary/aromatic N) is 2. The van der Waals surface area contributed by atoms with Crippen molar-refractivity contribution in [1.29, 1.82) is 0 Å². The third-order valence-corrected chi connectivity index (χ3v) is 3.75. The van der Waals surface area contributed by atoms with Crippen LogP contribution < -0.4 is 0 Å². The SMILES string of the molecule is [O-][s+]1c2ccc(O)cc2c2ncncc21. The van der Waals surface area contributed by atoms with Crippen molar-refractivity contribution < 1.29 is 9.66 Å². The lowest BCUT2D eigenvalue weighted by Gasteiger charge is -1.90. The van der Waals surface area contributed by atoms with Crippen molar-refractivity contribution in [1.82, 2.24) is 9.97 Å². The van der Waals surface area contributed by atoms with Crippen molar-refractivity contribution in [2.24, 2.45) is 0 Å². The third kappa shape index (κ3) is 1.10. The molecule has 0 fully saturated rings. The molecule has 0 aliphatic carbocycles. The van der Waals surface area contributed by atoms with Gasteiger partial charge in [0, 0.05) is 6.07 Å². The Morgan fingerprint density at radius 3 is 3.00 bits per heavy atom. The highest BCUT2D eigenvalue weighted by Gasteiger charge is 2.16. The van der Waals surface area contributed by atoms with Gasteiger partial charge in [0.05, 0.1) is 11.6 Å². The van der Waals surface area contributed by atoms with Gasteiger partial charge in [0.25, 0.3) is 0 Å². The zero-order valence-corrected chi connectivity index (χ0v) is 8.36. The summed E-state index contributed by atoms with van der Waals surface area (Å²) in [6, 6.07) is 4.75. The molecular weight excluding hydrogens is 212 g/mol. The largest absolute Gasteiger partial charge is 0.590 e. The summed E-state index contributed by atoms with van der Waals surface area (Å²) in [5.41, 5.74) is 0.647. The molecule has 0 bridgehead atoms. The van der Waals surface area contributed by atoms with E-state index in [1.165, 1.54) is 12.4 Å². The zero-order valence-electron chi connectivity index (χ0n) is 7.54. The lowest BCUT2D eigenvalue weighted by molar-refractivity contribution is 0.476. The van der Waals surface area contributed by atoms with E-state index in [-0.39, 0.29) is 5.75 Å². The number of rotatable bonds is 0. The smallest absolute Gasteiger partial charge is 0.217 e. The minimum Gasteiger partial charge on any atom is -0.590 e. The number of aromatic nitrogens is 2. The Kier molecular flexibility index (Phi) is 1.65. The van der Waals surface area contributed by atoms with Crippen molar-refractivity contribution in [2.45, 2.75) is 0 Å². The molecule has 0 saturated carbocycles. The predicted octanol–water partition coefficient (Wildman–Crippen LogP) is 2.22. The summed E-state index contributed by atoms with van der Waals surface area (Å²) in [5.74, 6) is 0.150. The van der Waals surface area contributed by atoms with Crippen LogP contribution in [-0.4, -0.2) is 19.6 Å². The third-order valence-electron chi connectivity index (χ3n) is 2.30. The molecule has 1 N–H and O–H groups in total. The molecule has 4 nitrogen and oxygen atoms in total. The van der Waals surface area contributed by atoms with Crippen LogP contribution in [0.1, 0.15) is 0 Å². The molecule has 0 saturated heterocycles. The Morgan fingerprint density at radius 2 is 2.13 bits per heavy atom. The topological polar surface area (TPSA) is 69.1 Å².